The number of aromatic nitrogens is 3. The third-order valence-electron chi connectivity index (χ3n) is 5.82. The van der Waals surface area contributed by atoms with Crippen molar-refractivity contribution in [2.75, 3.05) is 31.6 Å². The van der Waals surface area contributed by atoms with E-state index in [-0.39, 0.29) is 18.6 Å². The lowest BCUT2D eigenvalue weighted by molar-refractivity contribution is -0.131. The zero-order valence-corrected chi connectivity index (χ0v) is 19.0. The maximum absolute atomic E-state index is 13.2. The molecule has 0 saturated carbocycles. The van der Waals surface area contributed by atoms with Gasteiger partial charge in [-0.2, -0.15) is 0 Å². The van der Waals surface area contributed by atoms with Gasteiger partial charge in [-0.1, -0.05) is 24.3 Å². The average Bonchev–Trinajstić information content (AvgIpc) is 3.47. The highest BCUT2D eigenvalue weighted by molar-refractivity contribution is 7.07. The Bertz CT molecular complexity index is 1240. The second-order valence-corrected chi connectivity index (χ2v) is 8.62. The minimum Gasteiger partial charge on any atom is -0.485 e. The lowest BCUT2D eigenvalue weighted by Crippen LogP contribution is -2.47. The maximum atomic E-state index is 13.2. The second-order valence-electron chi connectivity index (χ2n) is 7.90. The van der Waals surface area contributed by atoms with Gasteiger partial charge in [-0.15, -0.1) is 11.3 Å². The largest absolute Gasteiger partial charge is 0.485 e. The van der Waals surface area contributed by atoms with E-state index in [1.54, 1.807) is 10.4 Å². The molecule has 1 amide bonds. The van der Waals surface area contributed by atoms with Crippen LogP contribution in [-0.4, -0.2) is 58.1 Å². The van der Waals surface area contributed by atoms with Crippen molar-refractivity contribution in [1.29, 1.82) is 0 Å². The predicted octanol–water partition coefficient (Wildman–Crippen LogP) is 3.91. The van der Waals surface area contributed by atoms with Crippen molar-refractivity contribution in [3.05, 3.63) is 59.4 Å². The van der Waals surface area contributed by atoms with Crippen molar-refractivity contribution in [3.63, 3.8) is 0 Å². The number of anilines is 1. The van der Waals surface area contributed by atoms with Gasteiger partial charge in [0.05, 0.1) is 35.3 Å². The van der Waals surface area contributed by atoms with Gasteiger partial charge in [0.15, 0.2) is 5.82 Å². The van der Waals surface area contributed by atoms with Gasteiger partial charge in [0.2, 0.25) is 5.91 Å². The van der Waals surface area contributed by atoms with E-state index in [0.717, 1.165) is 41.3 Å². The molecule has 1 atom stereocenters. The fourth-order valence-electron chi connectivity index (χ4n) is 4.19. The zero-order chi connectivity index (χ0) is 22.1. The Morgan fingerprint density at radius 3 is 2.84 bits per heavy atom. The standard InChI is InChI=1S/C24H25N5O2S/c1-3-28-13-17(31-22-11-7-6-10-21(22)28)12-27(2)23(30)14-29-20-9-5-4-8-18(20)26-24(29)19-15-32-16-25-19/h4-11,15-17H,3,12-14H2,1-2H3. The molecule has 4 aromatic rings. The first-order valence-electron chi connectivity index (χ1n) is 10.7. The first-order valence-corrected chi connectivity index (χ1v) is 11.7. The summed E-state index contributed by atoms with van der Waals surface area (Å²) in [6.07, 6.45) is -0.0867. The number of hydrogen-bond acceptors (Lipinski definition) is 6. The molecule has 0 fully saturated rings. The van der Waals surface area contributed by atoms with Gasteiger partial charge in [-0.05, 0) is 31.2 Å². The Morgan fingerprint density at radius 2 is 2.03 bits per heavy atom. The van der Waals surface area contributed by atoms with Gasteiger partial charge in [-0.25, -0.2) is 9.97 Å². The summed E-state index contributed by atoms with van der Waals surface area (Å²) >= 11 is 1.52. The lowest BCUT2D eigenvalue weighted by atomic mass is 10.2. The molecular weight excluding hydrogens is 422 g/mol. The number of nitrogens with zero attached hydrogens (tertiary/aromatic N) is 5. The molecule has 2 aromatic carbocycles. The fourth-order valence-corrected chi connectivity index (χ4v) is 4.72. The molecule has 1 aliphatic heterocycles. The van der Waals surface area contributed by atoms with Crippen LogP contribution in [0.25, 0.3) is 22.6 Å². The van der Waals surface area contributed by atoms with Crippen LogP contribution in [0.2, 0.25) is 0 Å². The minimum absolute atomic E-state index is 0.00939. The molecule has 0 radical (unpaired) electrons. The molecule has 8 heteroatoms. The van der Waals surface area contributed by atoms with Crippen LogP contribution in [-0.2, 0) is 11.3 Å². The van der Waals surface area contributed by atoms with Crippen molar-refractivity contribution >= 4 is 34.0 Å². The van der Waals surface area contributed by atoms with Crippen LogP contribution in [0.1, 0.15) is 6.92 Å². The van der Waals surface area contributed by atoms with E-state index in [2.05, 4.69) is 22.9 Å². The molecule has 32 heavy (non-hydrogen) atoms. The van der Waals surface area contributed by atoms with Crippen molar-refractivity contribution in [1.82, 2.24) is 19.4 Å². The van der Waals surface area contributed by atoms with Gasteiger partial charge in [0, 0.05) is 19.0 Å². The van der Waals surface area contributed by atoms with E-state index in [4.69, 9.17) is 9.72 Å². The molecule has 0 bridgehead atoms. The molecule has 0 aliphatic carbocycles. The van der Waals surface area contributed by atoms with Crippen LogP contribution >= 0.6 is 11.3 Å². The Morgan fingerprint density at radius 1 is 1.22 bits per heavy atom. The molecule has 164 valence electrons. The monoisotopic (exact) mass is 447 g/mol. The summed E-state index contributed by atoms with van der Waals surface area (Å²) in [5.74, 6) is 1.60. The molecule has 1 aliphatic rings. The lowest BCUT2D eigenvalue weighted by Gasteiger charge is -2.37. The van der Waals surface area contributed by atoms with E-state index in [0.29, 0.717) is 12.4 Å². The first-order chi connectivity index (χ1) is 15.6. The third-order valence-corrected chi connectivity index (χ3v) is 6.40. The van der Waals surface area contributed by atoms with Gasteiger partial charge >= 0.3 is 0 Å². The Kier molecular flexibility index (Phi) is 5.53. The average molecular weight is 448 g/mol. The van der Waals surface area contributed by atoms with E-state index < -0.39 is 0 Å². The molecular formula is C24H25N5O2S. The summed E-state index contributed by atoms with van der Waals surface area (Å²) in [7, 11) is 1.84. The molecule has 3 heterocycles. The molecule has 5 rings (SSSR count). The predicted molar refractivity (Wildman–Crippen MR) is 127 cm³/mol. The summed E-state index contributed by atoms with van der Waals surface area (Å²) in [5.41, 5.74) is 5.46. The number of para-hydroxylation sites is 4. The molecule has 0 saturated heterocycles. The van der Waals surface area contributed by atoms with Gasteiger partial charge in [-0.3, -0.25) is 4.79 Å². The highest BCUT2D eigenvalue weighted by atomic mass is 32.1. The maximum Gasteiger partial charge on any atom is 0.242 e. The van der Waals surface area contributed by atoms with Crippen LogP contribution in [0, 0.1) is 0 Å². The smallest absolute Gasteiger partial charge is 0.242 e. The first kappa shape index (κ1) is 20.5. The number of benzene rings is 2. The van der Waals surface area contributed by atoms with E-state index in [1.807, 2.05) is 59.5 Å². The number of carbonyl (C=O) groups excluding carboxylic acids is 1. The van der Waals surface area contributed by atoms with Crippen LogP contribution in [0.5, 0.6) is 5.75 Å². The van der Waals surface area contributed by atoms with E-state index >= 15 is 0 Å². The van der Waals surface area contributed by atoms with Crippen LogP contribution in [0.15, 0.2) is 59.4 Å². The van der Waals surface area contributed by atoms with Gasteiger partial charge in [0.25, 0.3) is 0 Å². The van der Waals surface area contributed by atoms with Crippen LogP contribution in [0.4, 0.5) is 5.69 Å². The third kappa shape index (κ3) is 3.82. The number of fused-ring (bicyclic) bond motifs is 2. The Labute approximate surface area is 190 Å². The highest BCUT2D eigenvalue weighted by Crippen LogP contribution is 2.33. The van der Waals surface area contributed by atoms with E-state index in [1.165, 1.54) is 11.3 Å². The molecule has 0 N–H and O–H groups in total. The van der Waals surface area contributed by atoms with E-state index in [9.17, 15) is 4.79 Å². The SMILES string of the molecule is CCN1CC(CN(C)C(=O)Cn2c(-c3cscn3)nc3ccccc32)Oc2ccccc21. The number of imidazole rings is 1. The van der Waals surface area contributed by atoms with Gasteiger partial charge < -0.3 is 19.1 Å². The summed E-state index contributed by atoms with van der Waals surface area (Å²) in [4.78, 5) is 26.4. The summed E-state index contributed by atoms with van der Waals surface area (Å²) < 4.78 is 8.17. The second kappa shape index (κ2) is 8.63. The number of thiazole rings is 1. The normalized spacial score (nSPS) is 15.4. The summed E-state index contributed by atoms with van der Waals surface area (Å²) in [6.45, 7) is 4.50. The Hall–Kier alpha value is -3.39. The number of rotatable bonds is 6. The van der Waals surface area contributed by atoms with Crippen molar-refractivity contribution < 1.29 is 9.53 Å². The van der Waals surface area contributed by atoms with Gasteiger partial charge in [0.1, 0.15) is 24.1 Å². The molecule has 2 aromatic heterocycles. The van der Waals surface area contributed by atoms with Crippen molar-refractivity contribution in [2.24, 2.45) is 0 Å². The van der Waals surface area contributed by atoms with Crippen LogP contribution < -0.4 is 9.64 Å². The number of ether oxygens (including phenoxy) is 1. The van der Waals surface area contributed by atoms with Crippen molar-refractivity contribution in [2.45, 2.75) is 19.6 Å². The molecule has 7 nitrogen and oxygen atoms in total. The number of amides is 1. The fraction of sp³-hybridized carbons (Fsp3) is 0.292. The number of carbonyl (C=O) groups is 1. The minimum atomic E-state index is -0.0867. The number of likely N-dealkylation sites (N-methyl/N-ethyl adjacent to an activating group) is 2. The topological polar surface area (TPSA) is 63.5 Å². The quantitative estimate of drug-likeness (QED) is 0.449. The zero-order valence-electron chi connectivity index (χ0n) is 18.1. The number of hydrogen-bond donors (Lipinski definition) is 0. The van der Waals surface area contributed by atoms with Crippen molar-refractivity contribution in [3.8, 4) is 17.3 Å². The highest BCUT2D eigenvalue weighted by Gasteiger charge is 2.27. The summed E-state index contributed by atoms with van der Waals surface area (Å²) in [6, 6.07) is 15.9. The van der Waals surface area contributed by atoms with Crippen LogP contribution in [0.3, 0.4) is 0 Å². The molecule has 0 spiro atoms. The summed E-state index contributed by atoms with van der Waals surface area (Å²) in [5, 5.41) is 1.96. The Balaban J connectivity index is 1.35. The molecule has 1 unspecified atom stereocenters.